The molecule has 1 amide bonds. The molecule has 4 nitrogen and oxygen atoms in total. The maximum atomic E-state index is 10.7. The number of carbonyl (C=O) groups excluding carboxylic acids is 1. The number of rotatable bonds is 3. The predicted octanol–water partition coefficient (Wildman–Crippen LogP) is 0.295. The van der Waals surface area contributed by atoms with E-state index < -0.39 is 11.8 Å². The van der Waals surface area contributed by atoms with E-state index in [2.05, 4.69) is 11.9 Å². The van der Waals surface area contributed by atoms with E-state index >= 15 is 0 Å². The minimum Gasteiger partial charge on any atom is -0.495 e. The van der Waals surface area contributed by atoms with Crippen molar-refractivity contribution in [3.63, 3.8) is 0 Å². The van der Waals surface area contributed by atoms with Crippen LogP contribution in [0.15, 0.2) is 23.6 Å². The molecular formula is C6H10N2O2S. The summed E-state index contributed by atoms with van der Waals surface area (Å²) in [5, 5.41) is 11.3. The van der Waals surface area contributed by atoms with Crippen LogP contribution in [0.4, 0.5) is 0 Å². The summed E-state index contributed by atoms with van der Waals surface area (Å²) in [5.41, 5.74) is 4.83. The number of nitrogens with two attached hydrogens (primary N) is 1. The highest BCUT2D eigenvalue weighted by Gasteiger charge is 1.97. The number of aliphatic hydroxyl groups is 1. The van der Waals surface area contributed by atoms with Crippen LogP contribution in [0.25, 0.3) is 0 Å². The summed E-state index contributed by atoms with van der Waals surface area (Å²) in [4.78, 5) is 10.7. The van der Waals surface area contributed by atoms with Crippen LogP contribution in [-0.2, 0) is 4.79 Å². The van der Waals surface area contributed by atoms with Crippen molar-refractivity contribution in [1.29, 1.82) is 0 Å². The standard InChI is InChI=1S/C6H10N2O2S/c1-4(11-2)8-6(10)3-5(7)9/h3,9H,1,7H2,2H3,(H,8,10)/b5-3+. The molecule has 11 heavy (non-hydrogen) atoms. The van der Waals surface area contributed by atoms with Crippen LogP contribution < -0.4 is 11.1 Å². The fourth-order valence-electron chi connectivity index (χ4n) is 0.359. The highest BCUT2D eigenvalue weighted by Crippen LogP contribution is 2.02. The van der Waals surface area contributed by atoms with Gasteiger partial charge in [-0.25, -0.2) is 0 Å². The number of thioether (sulfide) groups is 1. The minimum atomic E-state index is -0.517. The third-order valence-electron chi connectivity index (χ3n) is 0.788. The zero-order valence-electron chi connectivity index (χ0n) is 6.13. The van der Waals surface area contributed by atoms with Crippen molar-refractivity contribution in [3.05, 3.63) is 23.6 Å². The van der Waals surface area contributed by atoms with E-state index in [-0.39, 0.29) is 0 Å². The van der Waals surface area contributed by atoms with Gasteiger partial charge in [0.1, 0.15) is 0 Å². The van der Waals surface area contributed by atoms with Gasteiger partial charge in [-0.3, -0.25) is 4.79 Å². The Morgan fingerprint density at radius 1 is 1.82 bits per heavy atom. The van der Waals surface area contributed by atoms with Crippen molar-refractivity contribution in [2.75, 3.05) is 6.26 Å². The third kappa shape index (κ3) is 5.35. The predicted molar refractivity (Wildman–Crippen MR) is 45.7 cm³/mol. The number of hydrogen-bond donors (Lipinski definition) is 3. The van der Waals surface area contributed by atoms with E-state index in [9.17, 15) is 4.79 Å². The van der Waals surface area contributed by atoms with Crippen LogP contribution in [-0.4, -0.2) is 17.3 Å². The molecule has 0 atom stereocenters. The first kappa shape index (κ1) is 9.90. The van der Waals surface area contributed by atoms with Crippen LogP contribution in [0.5, 0.6) is 0 Å². The van der Waals surface area contributed by atoms with Crippen LogP contribution in [0, 0.1) is 0 Å². The molecule has 0 aliphatic carbocycles. The molecule has 4 N–H and O–H groups in total. The number of nitrogens with one attached hydrogen (secondary N) is 1. The summed E-state index contributed by atoms with van der Waals surface area (Å²) in [5.74, 6) is -0.999. The summed E-state index contributed by atoms with van der Waals surface area (Å²) in [7, 11) is 0. The number of hydrogen-bond acceptors (Lipinski definition) is 4. The summed E-state index contributed by atoms with van der Waals surface area (Å²) >= 11 is 1.30. The second-order valence-electron chi connectivity index (χ2n) is 1.69. The van der Waals surface area contributed by atoms with Gasteiger partial charge in [0, 0.05) is 0 Å². The molecule has 62 valence electrons. The largest absolute Gasteiger partial charge is 0.495 e. The fraction of sp³-hybridized carbons (Fsp3) is 0.167. The van der Waals surface area contributed by atoms with E-state index in [1.165, 1.54) is 11.8 Å². The molecule has 0 saturated carbocycles. The summed E-state index contributed by atoms with van der Waals surface area (Å²) < 4.78 is 0. The molecule has 0 aromatic heterocycles. The quantitative estimate of drug-likeness (QED) is 0.425. The van der Waals surface area contributed by atoms with Crippen molar-refractivity contribution >= 4 is 17.7 Å². The Morgan fingerprint density at radius 2 is 2.36 bits per heavy atom. The Morgan fingerprint density at radius 3 is 2.73 bits per heavy atom. The van der Waals surface area contributed by atoms with Crippen LogP contribution in [0.1, 0.15) is 0 Å². The number of amides is 1. The summed E-state index contributed by atoms with van der Waals surface area (Å²) in [6.07, 6.45) is 2.65. The van der Waals surface area contributed by atoms with Crippen molar-refractivity contribution in [3.8, 4) is 0 Å². The molecule has 0 rings (SSSR count). The Labute approximate surface area is 69.2 Å². The maximum Gasteiger partial charge on any atom is 0.254 e. The molecule has 0 aliphatic rings. The lowest BCUT2D eigenvalue weighted by molar-refractivity contribution is -0.115. The highest BCUT2D eigenvalue weighted by atomic mass is 32.2. The minimum absolute atomic E-state index is 0.482. The molecule has 0 spiro atoms. The van der Waals surface area contributed by atoms with Crippen molar-refractivity contribution in [1.82, 2.24) is 5.32 Å². The SMILES string of the molecule is C=C(NC(=O)/C=C(\N)O)SC. The summed E-state index contributed by atoms with van der Waals surface area (Å²) in [6.45, 7) is 3.50. The fourth-order valence-corrected chi connectivity index (χ4v) is 0.561. The van der Waals surface area contributed by atoms with Crippen molar-refractivity contribution < 1.29 is 9.90 Å². The molecule has 0 radical (unpaired) electrons. The van der Waals surface area contributed by atoms with Gasteiger partial charge in [0.15, 0.2) is 5.88 Å². The lowest BCUT2D eigenvalue weighted by Crippen LogP contribution is -2.19. The second-order valence-corrected chi connectivity index (χ2v) is 2.59. The molecule has 0 saturated heterocycles. The van der Waals surface area contributed by atoms with Crippen molar-refractivity contribution in [2.45, 2.75) is 0 Å². The topological polar surface area (TPSA) is 75.4 Å². The van der Waals surface area contributed by atoms with E-state index in [1.54, 1.807) is 6.26 Å². The summed E-state index contributed by atoms with van der Waals surface area (Å²) in [6, 6.07) is 0. The van der Waals surface area contributed by atoms with Crippen molar-refractivity contribution in [2.24, 2.45) is 5.73 Å². The van der Waals surface area contributed by atoms with Gasteiger partial charge in [0.25, 0.3) is 5.91 Å². The number of carbonyl (C=O) groups is 1. The lowest BCUT2D eigenvalue weighted by atomic mass is 10.5. The van der Waals surface area contributed by atoms with Gasteiger partial charge in [-0.2, -0.15) is 0 Å². The molecule has 0 unspecified atom stereocenters. The Hall–Kier alpha value is -1.10. The lowest BCUT2D eigenvalue weighted by Gasteiger charge is -2.00. The molecule has 0 aliphatic heterocycles. The van der Waals surface area contributed by atoms with E-state index in [1.807, 2.05) is 0 Å². The highest BCUT2D eigenvalue weighted by molar-refractivity contribution is 8.02. The average molecular weight is 174 g/mol. The van der Waals surface area contributed by atoms with Gasteiger partial charge < -0.3 is 16.2 Å². The van der Waals surface area contributed by atoms with Crippen LogP contribution in [0.2, 0.25) is 0 Å². The Bertz CT molecular complexity index is 197. The van der Waals surface area contributed by atoms with E-state index in [4.69, 9.17) is 10.8 Å². The van der Waals surface area contributed by atoms with Crippen LogP contribution >= 0.6 is 11.8 Å². The van der Waals surface area contributed by atoms with Gasteiger partial charge in [-0.15, -0.1) is 11.8 Å². The molecular weight excluding hydrogens is 164 g/mol. The number of aliphatic hydroxyl groups excluding tert-OH is 1. The van der Waals surface area contributed by atoms with E-state index in [0.717, 1.165) is 6.08 Å². The molecule has 0 fully saturated rings. The smallest absolute Gasteiger partial charge is 0.254 e. The zero-order valence-corrected chi connectivity index (χ0v) is 6.94. The van der Waals surface area contributed by atoms with Gasteiger partial charge in [-0.1, -0.05) is 6.58 Å². The molecule has 0 bridgehead atoms. The van der Waals surface area contributed by atoms with Gasteiger partial charge in [0.2, 0.25) is 0 Å². The Balaban J connectivity index is 3.89. The molecule has 0 heterocycles. The monoisotopic (exact) mass is 174 g/mol. The first-order valence-corrected chi connectivity index (χ1v) is 3.98. The maximum absolute atomic E-state index is 10.7. The third-order valence-corrected chi connectivity index (χ3v) is 1.38. The zero-order chi connectivity index (χ0) is 8.85. The van der Waals surface area contributed by atoms with E-state index in [0.29, 0.717) is 5.03 Å². The Kier molecular flexibility index (Phi) is 4.21. The molecule has 0 aromatic rings. The van der Waals surface area contributed by atoms with Gasteiger partial charge in [-0.05, 0) is 6.26 Å². The molecule has 0 aromatic carbocycles. The van der Waals surface area contributed by atoms with Gasteiger partial charge in [0.05, 0.1) is 11.1 Å². The molecule has 5 heteroatoms. The first-order chi connectivity index (χ1) is 5.06. The normalized spacial score (nSPS) is 10.8. The average Bonchev–Trinajstić information content (AvgIpc) is 1.85. The van der Waals surface area contributed by atoms with Crippen LogP contribution in [0.3, 0.4) is 0 Å². The van der Waals surface area contributed by atoms with Gasteiger partial charge >= 0.3 is 0 Å². The first-order valence-electron chi connectivity index (χ1n) is 2.76. The second kappa shape index (κ2) is 4.68.